The number of hydrogen-bond donors (Lipinski definition) is 2. The number of carbonyl (C=O) groups excluding carboxylic acids is 1. The molecule has 0 saturated heterocycles. The molecule has 0 fully saturated rings. The highest BCUT2D eigenvalue weighted by Gasteiger charge is 2.41. The molecule has 1 aromatic heterocycles. The Hall–Kier alpha value is -3.62. The molecule has 1 amide bonds. The lowest BCUT2D eigenvalue weighted by Gasteiger charge is -2.28. The number of nitrogens with zero attached hydrogens (tertiary/aromatic N) is 3. The van der Waals surface area contributed by atoms with E-state index in [2.05, 4.69) is 20.7 Å². The van der Waals surface area contributed by atoms with Gasteiger partial charge in [-0.2, -0.15) is 18.2 Å². The summed E-state index contributed by atoms with van der Waals surface area (Å²) in [5, 5.41) is 9.32. The zero-order chi connectivity index (χ0) is 21.5. The standard InChI is InChI=1S/C21H18F3N5O/c1-12-8-6-7-11-15(12)26-18(30)16-13(2)25-20-27-19(21(22,23)24)28-29(20)17(16)14-9-4-3-5-10-14/h3-11,17H,1-2H3,(H,26,30)(H,25,27,28). The van der Waals surface area contributed by atoms with E-state index in [9.17, 15) is 18.0 Å². The maximum absolute atomic E-state index is 13.2. The molecule has 0 saturated carbocycles. The molecule has 1 unspecified atom stereocenters. The molecule has 0 bridgehead atoms. The Morgan fingerprint density at radius 2 is 1.73 bits per heavy atom. The van der Waals surface area contributed by atoms with Gasteiger partial charge in [0.2, 0.25) is 5.95 Å². The van der Waals surface area contributed by atoms with E-state index in [1.165, 1.54) is 0 Å². The Labute approximate surface area is 170 Å². The number of anilines is 2. The molecule has 0 aliphatic carbocycles. The molecule has 4 rings (SSSR count). The summed E-state index contributed by atoms with van der Waals surface area (Å²) in [6, 6.07) is 15.2. The molecule has 3 aromatic rings. The second kappa shape index (κ2) is 7.33. The van der Waals surface area contributed by atoms with E-state index < -0.39 is 23.9 Å². The molecule has 2 aromatic carbocycles. The van der Waals surface area contributed by atoms with Crippen molar-refractivity contribution in [2.75, 3.05) is 10.6 Å². The number of rotatable bonds is 3. The molecule has 9 heteroatoms. The summed E-state index contributed by atoms with van der Waals surface area (Å²) in [7, 11) is 0. The molecule has 1 aliphatic rings. The number of nitrogens with one attached hydrogen (secondary N) is 2. The highest BCUT2D eigenvalue weighted by molar-refractivity contribution is 6.06. The van der Waals surface area contributed by atoms with Crippen LogP contribution in [0, 0.1) is 6.92 Å². The number of para-hydroxylation sites is 1. The lowest BCUT2D eigenvalue weighted by molar-refractivity contribution is -0.145. The maximum atomic E-state index is 13.2. The molecule has 1 atom stereocenters. The summed E-state index contributed by atoms with van der Waals surface area (Å²) in [6.45, 7) is 3.49. The van der Waals surface area contributed by atoms with Gasteiger partial charge in [-0.1, -0.05) is 48.5 Å². The second-order valence-electron chi connectivity index (χ2n) is 6.95. The number of amides is 1. The van der Waals surface area contributed by atoms with E-state index in [0.29, 0.717) is 16.9 Å². The summed E-state index contributed by atoms with van der Waals surface area (Å²) in [5.74, 6) is -1.77. The van der Waals surface area contributed by atoms with E-state index in [4.69, 9.17) is 0 Å². The molecule has 1 aliphatic heterocycles. The molecule has 2 N–H and O–H groups in total. The first kappa shape index (κ1) is 19.7. The number of aryl methyl sites for hydroxylation is 1. The van der Waals surface area contributed by atoms with Crippen molar-refractivity contribution in [3.05, 3.63) is 82.8 Å². The van der Waals surface area contributed by atoms with Crippen molar-refractivity contribution in [3.8, 4) is 0 Å². The van der Waals surface area contributed by atoms with Crippen molar-refractivity contribution >= 4 is 17.5 Å². The first-order valence-corrected chi connectivity index (χ1v) is 9.19. The van der Waals surface area contributed by atoms with E-state index in [1.807, 2.05) is 19.1 Å². The Bertz CT molecular complexity index is 1140. The predicted octanol–water partition coefficient (Wildman–Crippen LogP) is 4.53. The summed E-state index contributed by atoms with van der Waals surface area (Å²) in [4.78, 5) is 16.8. The van der Waals surface area contributed by atoms with Gasteiger partial charge in [-0.25, -0.2) is 4.68 Å². The Morgan fingerprint density at radius 1 is 1.07 bits per heavy atom. The Balaban J connectivity index is 1.81. The van der Waals surface area contributed by atoms with Crippen LogP contribution in [0.2, 0.25) is 0 Å². The molecule has 2 heterocycles. The maximum Gasteiger partial charge on any atom is 0.453 e. The smallest absolute Gasteiger partial charge is 0.328 e. The second-order valence-corrected chi connectivity index (χ2v) is 6.95. The van der Waals surface area contributed by atoms with Crippen molar-refractivity contribution < 1.29 is 18.0 Å². The summed E-state index contributed by atoms with van der Waals surface area (Å²) in [5.41, 5.74) is 2.77. The van der Waals surface area contributed by atoms with Crippen LogP contribution in [0.25, 0.3) is 0 Å². The van der Waals surface area contributed by atoms with E-state index in [0.717, 1.165) is 10.2 Å². The first-order chi connectivity index (χ1) is 14.3. The number of fused-ring (bicyclic) bond motifs is 1. The zero-order valence-corrected chi connectivity index (χ0v) is 16.2. The van der Waals surface area contributed by atoms with Crippen LogP contribution in [-0.4, -0.2) is 20.7 Å². The molecular weight excluding hydrogens is 395 g/mol. The zero-order valence-electron chi connectivity index (χ0n) is 16.2. The summed E-state index contributed by atoms with van der Waals surface area (Å²) < 4.78 is 40.8. The van der Waals surface area contributed by atoms with Crippen molar-refractivity contribution in [2.24, 2.45) is 0 Å². The normalized spacial score (nSPS) is 16.1. The van der Waals surface area contributed by atoms with Crippen molar-refractivity contribution in [2.45, 2.75) is 26.1 Å². The fourth-order valence-electron chi connectivity index (χ4n) is 3.41. The van der Waals surface area contributed by atoms with Crippen LogP contribution in [0.1, 0.15) is 29.9 Å². The Morgan fingerprint density at radius 3 is 2.40 bits per heavy atom. The summed E-state index contributed by atoms with van der Waals surface area (Å²) >= 11 is 0. The van der Waals surface area contributed by atoms with Crippen LogP contribution < -0.4 is 10.6 Å². The van der Waals surface area contributed by atoms with Gasteiger partial charge in [-0.05, 0) is 31.0 Å². The van der Waals surface area contributed by atoms with Crippen LogP contribution in [-0.2, 0) is 11.0 Å². The predicted molar refractivity (Wildman–Crippen MR) is 106 cm³/mol. The minimum Gasteiger partial charge on any atom is -0.328 e. The quantitative estimate of drug-likeness (QED) is 0.662. The number of carbonyl (C=O) groups is 1. The fraction of sp³-hybridized carbons (Fsp3) is 0.190. The molecule has 30 heavy (non-hydrogen) atoms. The van der Waals surface area contributed by atoms with E-state index in [-0.39, 0.29) is 11.5 Å². The Kier molecular flexibility index (Phi) is 4.81. The van der Waals surface area contributed by atoms with Crippen LogP contribution >= 0.6 is 0 Å². The first-order valence-electron chi connectivity index (χ1n) is 9.19. The van der Waals surface area contributed by atoms with Gasteiger partial charge in [-0.3, -0.25) is 4.79 Å². The SMILES string of the molecule is CC1=C(C(=O)Nc2ccccc2C)C(c2ccccc2)n2nc(C(F)(F)F)nc2N1. The van der Waals surface area contributed by atoms with Gasteiger partial charge in [0.1, 0.15) is 6.04 Å². The number of aromatic nitrogens is 3. The largest absolute Gasteiger partial charge is 0.453 e. The van der Waals surface area contributed by atoms with Crippen LogP contribution in [0.5, 0.6) is 0 Å². The molecule has 154 valence electrons. The third-order valence-corrected chi connectivity index (χ3v) is 4.86. The third kappa shape index (κ3) is 3.54. The van der Waals surface area contributed by atoms with Gasteiger partial charge in [0.25, 0.3) is 11.7 Å². The molecule has 0 radical (unpaired) electrons. The van der Waals surface area contributed by atoms with Gasteiger partial charge in [-0.15, -0.1) is 5.10 Å². The average molecular weight is 413 g/mol. The van der Waals surface area contributed by atoms with Crippen LogP contribution in [0.15, 0.2) is 65.9 Å². The van der Waals surface area contributed by atoms with Crippen molar-refractivity contribution in [1.82, 2.24) is 14.8 Å². The molecular formula is C21H18F3N5O. The molecule has 0 spiro atoms. The lowest BCUT2D eigenvalue weighted by atomic mass is 9.95. The van der Waals surface area contributed by atoms with Crippen molar-refractivity contribution in [1.29, 1.82) is 0 Å². The summed E-state index contributed by atoms with van der Waals surface area (Å²) in [6.07, 6.45) is -4.70. The van der Waals surface area contributed by atoms with Gasteiger partial charge in [0.15, 0.2) is 0 Å². The van der Waals surface area contributed by atoms with Gasteiger partial charge < -0.3 is 10.6 Å². The number of halogens is 3. The van der Waals surface area contributed by atoms with E-state index in [1.54, 1.807) is 49.4 Å². The monoisotopic (exact) mass is 413 g/mol. The average Bonchev–Trinajstić information content (AvgIpc) is 3.13. The number of benzene rings is 2. The number of allylic oxidation sites excluding steroid dienone is 1. The van der Waals surface area contributed by atoms with Gasteiger partial charge >= 0.3 is 6.18 Å². The van der Waals surface area contributed by atoms with Crippen LogP contribution in [0.3, 0.4) is 0 Å². The minimum atomic E-state index is -4.70. The van der Waals surface area contributed by atoms with Gasteiger partial charge in [0, 0.05) is 11.4 Å². The fourth-order valence-corrected chi connectivity index (χ4v) is 3.41. The van der Waals surface area contributed by atoms with Gasteiger partial charge in [0.05, 0.1) is 5.57 Å². The van der Waals surface area contributed by atoms with Crippen LogP contribution in [0.4, 0.5) is 24.8 Å². The number of hydrogen-bond acceptors (Lipinski definition) is 4. The van der Waals surface area contributed by atoms with E-state index >= 15 is 0 Å². The highest BCUT2D eigenvalue weighted by atomic mass is 19.4. The third-order valence-electron chi connectivity index (χ3n) is 4.86. The lowest BCUT2D eigenvalue weighted by Crippen LogP contribution is -2.31. The number of alkyl halides is 3. The topological polar surface area (TPSA) is 71.8 Å². The molecule has 6 nitrogen and oxygen atoms in total. The van der Waals surface area contributed by atoms with Crippen molar-refractivity contribution in [3.63, 3.8) is 0 Å². The minimum absolute atomic E-state index is 0.0684. The highest BCUT2D eigenvalue weighted by Crippen LogP contribution is 2.37.